The quantitative estimate of drug-likeness (QED) is 0.666. The van der Waals surface area contributed by atoms with E-state index in [2.05, 4.69) is 15.4 Å². The van der Waals surface area contributed by atoms with Crippen LogP contribution in [0.3, 0.4) is 0 Å². The van der Waals surface area contributed by atoms with Crippen molar-refractivity contribution in [1.82, 2.24) is 14.8 Å². The lowest BCUT2D eigenvalue weighted by Crippen LogP contribution is -2.12. The minimum absolute atomic E-state index is 0.190. The molecule has 2 heterocycles. The molecule has 28 heavy (non-hydrogen) atoms. The fourth-order valence-corrected chi connectivity index (χ4v) is 3.01. The lowest BCUT2D eigenvalue weighted by molar-refractivity contribution is -0.140. The summed E-state index contributed by atoms with van der Waals surface area (Å²) in [5, 5.41) is 7.41. The fourth-order valence-electron chi connectivity index (χ4n) is 3.01. The van der Waals surface area contributed by atoms with Crippen LogP contribution in [0.15, 0.2) is 48.8 Å². The number of nitrogens with zero attached hydrogens (tertiary/aromatic N) is 3. The molecule has 1 aromatic carbocycles. The van der Waals surface area contributed by atoms with Crippen molar-refractivity contribution < 1.29 is 14.3 Å². The third kappa shape index (κ3) is 4.25. The van der Waals surface area contributed by atoms with Crippen molar-refractivity contribution >= 4 is 17.6 Å². The van der Waals surface area contributed by atoms with E-state index in [1.165, 1.54) is 7.11 Å². The number of esters is 1. The SMILES string of the molecule is COC(=O)CCc1c(C)nn(-c2ccc(C(=O)Nc3ccncc3)cc2)c1C. The van der Waals surface area contributed by atoms with E-state index in [-0.39, 0.29) is 11.9 Å². The Bertz CT molecular complexity index is 979. The number of nitrogens with one attached hydrogen (secondary N) is 1. The molecule has 7 nitrogen and oxygen atoms in total. The van der Waals surface area contributed by atoms with Crippen molar-refractivity contribution in [3.63, 3.8) is 0 Å². The van der Waals surface area contributed by atoms with Crippen LogP contribution in [0.5, 0.6) is 0 Å². The second-order valence-electron chi connectivity index (χ2n) is 6.37. The van der Waals surface area contributed by atoms with Crippen LogP contribution in [0.2, 0.25) is 0 Å². The zero-order chi connectivity index (χ0) is 20.1. The molecule has 0 spiro atoms. The molecular weight excluding hydrogens is 356 g/mol. The average Bonchev–Trinajstić information content (AvgIpc) is 3.00. The summed E-state index contributed by atoms with van der Waals surface area (Å²) in [6.45, 7) is 3.89. The Morgan fingerprint density at radius 2 is 1.75 bits per heavy atom. The van der Waals surface area contributed by atoms with Crippen LogP contribution >= 0.6 is 0 Å². The molecule has 3 rings (SSSR count). The van der Waals surface area contributed by atoms with Gasteiger partial charge < -0.3 is 10.1 Å². The summed E-state index contributed by atoms with van der Waals surface area (Å²) in [4.78, 5) is 27.7. The smallest absolute Gasteiger partial charge is 0.305 e. The highest BCUT2D eigenvalue weighted by Gasteiger charge is 2.15. The highest BCUT2D eigenvalue weighted by Crippen LogP contribution is 2.20. The first-order valence-electron chi connectivity index (χ1n) is 8.93. The monoisotopic (exact) mass is 378 g/mol. The highest BCUT2D eigenvalue weighted by molar-refractivity contribution is 6.04. The van der Waals surface area contributed by atoms with Gasteiger partial charge >= 0.3 is 5.97 Å². The summed E-state index contributed by atoms with van der Waals surface area (Å²) in [7, 11) is 1.39. The summed E-state index contributed by atoms with van der Waals surface area (Å²) in [5.74, 6) is -0.430. The predicted molar refractivity (Wildman–Crippen MR) is 106 cm³/mol. The average molecular weight is 378 g/mol. The Kier molecular flexibility index (Phi) is 5.84. The van der Waals surface area contributed by atoms with Gasteiger partial charge in [0.2, 0.25) is 0 Å². The third-order valence-corrected chi connectivity index (χ3v) is 4.56. The van der Waals surface area contributed by atoms with E-state index in [4.69, 9.17) is 4.74 Å². The summed E-state index contributed by atoms with van der Waals surface area (Å²) < 4.78 is 6.54. The van der Waals surface area contributed by atoms with Gasteiger partial charge in [0.25, 0.3) is 5.91 Å². The molecule has 0 atom stereocenters. The van der Waals surface area contributed by atoms with Crippen LogP contribution in [0, 0.1) is 13.8 Å². The Morgan fingerprint density at radius 3 is 2.39 bits per heavy atom. The first-order chi connectivity index (χ1) is 13.5. The van der Waals surface area contributed by atoms with Gasteiger partial charge in [-0.1, -0.05) is 0 Å². The number of anilines is 1. The van der Waals surface area contributed by atoms with Crippen LogP contribution in [-0.2, 0) is 16.0 Å². The summed E-state index contributed by atoms with van der Waals surface area (Å²) in [6.07, 6.45) is 4.15. The van der Waals surface area contributed by atoms with E-state index < -0.39 is 0 Å². The minimum Gasteiger partial charge on any atom is -0.469 e. The van der Waals surface area contributed by atoms with Crippen molar-refractivity contribution in [2.45, 2.75) is 26.7 Å². The molecule has 0 saturated heterocycles. The van der Waals surface area contributed by atoms with E-state index in [1.54, 1.807) is 36.7 Å². The minimum atomic E-state index is -0.240. The molecule has 7 heteroatoms. The summed E-state index contributed by atoms with van der Waals surface area (Å²) >= 11 is 0. The van der Waals surface area contributed by atoms with Gasteiger partial charge in [-0.2, -0.15) is 5.10 Å². The number of rotatable bonds is 6. The van der Waals surface area contributed by atoms with E-state index in [0.717, 1.165) is 22.6 Å². The molecule has 1 amide bonds. The second kappa shape index (κ2) is 8.47. The third-order valence-electron chi connectivity index (χ3n) is 4.56. The molecule has 0 aliphatic heterocycles. The number of hydrogen-bond donors (Lipinski definition) is 1. The van der Waals surface area contributed by atoms with Crippen LogP contribution in [0.4, 0.5) is 5.69 Å². The fraction of sp³-hybridized carbons (Fsp3) is 0.238. The Hall–Kier alpha value is -3.48. The molecule has 2 aromatic heterocycles. The number of amides is 1. The molecule has 0 saturated carbocycles. The molecule has 0 aliphatic rings. The van der Waals surface area contributed by atoms with Crippen molar-refractivity contribution in [2.24, 2.45) is 0 Å². The largest absolute Gasteiger partial charge is 0.469 e. The number of benzene rings is 1. The second-order valence-corrected chi connectivity index (χ2v) is 6.37. The maximum Gasteiger partial charge on any atom is 0.305 e. The zero-order valence-electron chi connectivity index (χ0n) is 16.1. The van der Waals surface area contributed by atoms with E-state index >= 15 is 0 Å². The highest BCUT2D eigenvalue weighted by atomic mass is 16.5. The van der Waals surface area contributed by atoms with E-state index in [1.807, 2.05) is 30.7 Å². The first-order valence-corrected chi connectivity index (χ1v) is 8.93. The number of methoxy groups -OCH3 is 1. The summed E-state index contributed by atoms with van der Waals surface area (Å²) in [5.41, 5.74) is 4.97. The molecule has 144 valence electrons. The van der Waals surface area contributed by atoms with Crippen molar-refractivity contribution in [1.29, 1.82) is 0 Å². The number of hydrogen-bond acceptors (Lipinski definition) is 5. The number of carbonyl (C=O) groups is 2. The molecule has 0 fully saturated rings. The zero-order valence-corrected chi connectivity index (χ0v) is 16.1. The normalized spacial score (nSPS) is 10.5. The Balaban J connectivity index is 1.76. The molecule has 0 unspecified atom stereocenters. The maximum absolute atomic E-state index is 12.4. The summed E-state index contributed by atoms with van der Waals surface area (Å²) in [6, 6.07) is 10.7. The predicted octanol–water partition coefficient (Wildman–Crippen LogP) is 3.24. The molecule has 0 aliphatic carbocycles. The van der Waals surface area contributed by atoms with Gasteiger partial charge in [-0.3, -0.25) is 14.6 Å². The topological polar surface area (TPSA) is 86.1 Å². The van der Waals surface area contributed by atoms with Crippen LogP contribution in [0.25, 0.3) is 5.69 Å². The van der Waals surface area contributed by atoms with Crippen LogP contribution in [0.1, 0.15) is 33.7 Å². The first kappa shape index (κ1) is 19.3. The van der Waals surface area contributed by atoms with Gasteiger partial charge in [0.1, 0.15) is 0 Å². The number of aromatic nitrogens is 3. The van der Waals surface area contributed by atoms with Crippen LogP contribution in [-0.4, -0.2) is 33.8 Å². The molecular formula is C21H22N4O3. The Labute approximate surface area is 163 Å². The molecule has 3 aromatic rings. The van der Waals surface area contributed by atoms with Gasteiger partial charge in [-0.15, -0.1) is 0 Å². The standard InChI is InChI=1S/C21H22N4O3/c1-14-19(8-9-20(26)28-3)15(2)25(24-14)18-6-4-16(5-7-18)21(27)23-17-10-12-22-13-11-17/h4-7,10-13H,8-9H2,1-3H3,(H,22,23,27). The van der Waals surface area contributed by atoms with Crippen molar-refractivity contribution in [3.8, 4) is 5.69 Å². The lowest BCUT2D eigenvalue weighted by atomic mass is 10.1. The van der Waals surface area contributed by atoms with E-state index in [9.17, 15) is 9.59 Å². The number of pyridine rings is 1. The molecule has 0 radical (unpaired) electrons. The Morgan fingerprint density at radius 1 is 1.07 bits per heavy atom. The van der Waals surface area contributed by atoms with Gasteiger partial charge in [-0.25, -0.2) is 4.68 Å². The molecule has 1 N–H and O–H groups in total. The van der Waals surface area contributed by atoms with E-state index in [0.29, 0.717) is 24.1 Å². The van der Waals surface area contributed by atoms with Crippen molar-refractivity contribution in [2.75, 3.05) is 12.4 Å². The maximum atomic E-state index is 12.4. The van der Waals surface area contributed by atoms with Crippen LogP contribution < -0.4 is 5.32 Å². The van der Waals surface area contributed by atoms with Gasteiger partial charge in [0.05, 0.1) is 18.5 Å². The number of aryl methyl sites for hydroxylation is 1. The number of carbonyl (C=O) groups excluding carboxylic acids is 2. The number of ether oxygens (including phenoxy) is 1. The van der Waals surface area contributed by atoms with Gasteiger partial charge in [0, 0.05) is 35.8 Å². The molecule has 0 bridgehead atoms. The van der Waals surface area contributed by atoms with Gasteiger partial charge in [0.15, 0.2) is 0 Å². The lowest BCUT2D eigenvalue weighted by Gasteiger charge is -2.08. The van der Waals surface area contributed by atoms with Crippen molar-refractivity contribution in [3.05, 3.63) is 71.3 Å². The van der Waals surface area contributed by atoms with Gasteiger partial charge in [-0.05, 0) is 62.2 Å².